The van der Waals surface area contributed by atoms with Gasteiger partial charge in [0.15, 0.2) is 0 Å². The van der Waals surface area contributed by atoms with Gasteiger partial charge in [0, 0.05) is 13.1 Å². The molecule has 2 aliphatic heterocycles. The molecule has 0 unspecified atom stereocenters. The van der Waals surface area contributed by atoms with Crippen LogP contribution in [0, 0.1) is 11.3 Å². The second-order valence-electron chi connectivity index (χ2n) is 5.25. The maximum absolute atomic E-state index is 9.46. The molecular formula is C14H17N5. The second-order valence-corrected chi connectivity index (χ2v) is 5.25. The minimum absolute atomic E-state index is 0.0950. The fourth-order valence-corrected chi connectivity index (χ4v) is 2.83. The van der Waals surface area contributed by atoms with Gasteiger partial charge >= 0.3 is 0 Å². The summed E-state index contributed by atoms with van der Waals surface area (Å²) in [5.74, 6) is 0. The Morgan fingerprint density at radius 1 is 1.26 bits per heavy atom. The van der Waals surface area contributed by atoms with Crippen LogP contribution < -0.4 is 5.01 Å². The van der Waals surface area contributed by atoms with Crippen molar-refractivity contribution in [1.82, 2.24) is 4.90 Å². The first kappa shape index (κ1) is 12.1. The highest BCUT2D eigenvalue weighted by molar-refractivity contribution is 5.48. The molecule has 2 aliphatic rings. The molecule has 1 aromatic rings. The van der Waals surface area contributed by atoms with E-state index < -0.39 is 5.54 Å². The Hall–Kier alpha value is -1.93. The third-order valence-corrected chi connectivity index (χ3v) is 3.82. The van der Waals surface area contributed by atoms with Crippen molar-refractivity contribution in [2.24, 2.45) is 10.3 Å². The number of nitriles is 1. The summed E-state index contributed by atoms with van der Waals surface area (Å²) in [4.78, 5) is 2.32. The summed E-state index contributed by atoms with van der Waals surface area (Å²) < 4.78 is 0. The van der Waals surface area contributed by atoms with Crippen molar-refractivity contribution < 1.29 is 0 Å². The molecule has 19 heavy (non-hydrogen) atoms. The van der Waals surface area contributed by atoms with Crippen LogP contribution in [0.1, 0.15) is 19.8 Å². The first-order valence-electron chi connectivity index (χ1n) is 6.67. The Morgan fingerprint density at radius 2 is 1.95 bits per heavy atom. The summed E-state index contributed by atoms with van der Waals surface area (Å²) in [5, 5.41) is 19.8. The summed E-state index contributed by atoms with van der Waals surface area (Å²) in [5.41, 5.74) is 0.197. The van der Waals surface area contributed by atoms with E-state index in [4.69, 9.17) is 0 Å². The standard InChI is InChI=1S/C14H17N5/c1-14(11-15)13(18-9-5-6-10-18)19(17-16-14)12-7-3-2-4-8-12/h2-4,7-8,13H,5-6,9-10H2,1H3/t13-,14+/m0/s1. The molecule has 1 saturated heterocycles. The first-order chi connectivity index (χ1) is 9.24. The van der Waals surface area contributed by atoms with Crippen molar-refractivity contribution in [3.05, 3.63) is 30.3 Å². The van der Waals surface area contributed by atoms with Gasteiger partial charge in [0.05, 0.1) is 11.8 Å². The van der Waals surface area contributed by atoms with Gasteiger partial charge in [-0.3, -0.25) is 4.90 Å². The third kappa shape index (κ3) is 1.98. The fraction of sp³-hybridized carbons (Fsp3) is 0.500. The maximum atomic E-state index is 9.46. The molecule has 5 nitrogen and oxygen atoms in total. The molecule has 1 aromatic carbocycles. The zero-order chi connectivity index (χ0) is 13.3. The lowest BCUT2D eigenvalue weighted by Gasteiger charge is -2.35. The van der Waals surface area contributed by atoms with Crippen molar-refractivity contribution >= 4 is 5.69 Å². The summed E-state index contributed by atoms with van der Waals surface area (Å²) in [6.07, 6.45) is 2.27. The Labute approximate surface area is 113 Å². The summed E-state index contributed by atoms with van der Waals surface area (Å²) in [6.45, 7) is 3.88. The average Bonchev–Trinajstić information content (AvgIpc) is 3.07. The Bertz CT molecular complexity index is 514. The molecule has 0 amide bonds. The monoisotopic (exact) mass is 255 g/mol. The maximum Gasteiger partial charge on any atom is 0.202 e. The number of anilines is 1. The molecule has 2 heterocycles. The number of hydrogen-bond donors (Lipinski definition) is 0. The number of rotatable bonds is 2. The van der Waals surface area contributed by atoms with Crippen LogP contribution in [0.15, 0.2) is 40.7 Å². The smallest absolute Gasteiger partial charge is 0.202 e. The minimum atomic E-state index is -0.791. The highest BCUT2D eigenvalue weighted by atomic mass is 15.7. The molecule has 0 N–H and O–H groups in total. The fourth-order valence-electron chi connectivity index (χ4n) is 2.83. The zero-order valence-electron chi connectivity index (χ0n) is 11.0. The zero-order valence-corrected chi connectivity index (χ0v) is 11.0. The van der Waals surface area contributed by atoms with Gasteiger partial charge in [0.2, 0.25) is 5.54 Å². The van der Waals surface area contributed by atoms with Gasteiger partial charge in [0.25, 0.3) is 0 Å². The molecule has 0 aliphatic carbocycles. The molecule has 0 aromatic heterocycles. The van der Waals surface area contributed by atoms with E-state index in [0.29, 0.717) is 0 Å². The number of hydrogen-bond acceptors (Lipinski definition) is 5. The highest BCUT2D eigenvalue weighted by Crippen LogP contribution is 2.35. The van der Waals surface area contributed by atoms with E-state index >= 15 is 0 Å². The number of benzene rings is 1. The lowest BCUT2D eigenvalue weighted by Crippen LogP contribution is -2.53. The van der Waals surface area contributed by atoms with Gasteiger partial charge < -0.3 is 0 Å². The van der Waals surface area contributed by atoms with Gasteiger partial charge in [-0.2, -0.15) is 5.26 Å². The molecule has 2 atom stereocenters. The van der Waals surface area contributed by atoms with E-state index in [2.05, 4.69) is 21.3 Å². The lowest BCUT2D eigenvalue weighted by atomic mass is 10.00. The summed E-state index contributed by atoms with van der Waals surface area (Å²) in [6, 6.07) is 12.3. The van der Waals surface area contributed by atoms with Gasteiger partial charge in [-0.15, -0.1) is 5.11 Å². The quantitative estimate of drug-likeness (QED) is 0.816. The van der Waals surface area contributed by atoms with Crippen LogP contribution in [0.5, 0.6) is 0 Å². The molecule has 5 heteroatoms. The van der Waals surface area contributed by atoms with Crippen LogP contribution in [0.25, 0.3) is 0 Å². The van der Waals surface area contributed by atoms with Crippen LogP contribution in [0.4, 0.5) is 5.69 Å². The number of para-hydroxylation sites is 1. The molecule has 0 spiro atoms. The van der Waals surface area contributed by atoms with E-state index in [0.717, 1.165) is 18.8 Å². The lowest BCUT2D eigenvalue weighted by molar-refractivity contribution is 0.203. The van der Waals surface area contributed by atoms with E-state index in [1.807, 2.05) is 42.3 Å². The SMILES string of the molecule is C[C@]1(C#N)N=NN(c2ccccc2)[C@@H]1N1CCCC1. The largest absolute Gasteiger partial charge is 0.279 e. The van der Waals surface area contributed by atoms with E-state index in [1.54, 1.807) is 0 Å². The number of nitrogens with zero attached hydrogens (tertiary/aromatic N) is 5. The second kappa shape index (κ2) is 4.63. The van der Waals surface area contributed by atoms with Crippen LogP contribution in [0.3, 0.4) is 0 Å². The van der Waals surface area contributed by atoms with Gasteiger partial charge in [-0.1, -0.05) is 23.4 Å². The molecule has 3 rings (SSSR count). The molecule has 98 valence electrons. The normalized spacial score (nSPS) is 30.7. The van der Waals surface area contributed by atoms with Crippen molar-refractivity contribution in [1.29, 1.82) is 5.26 Å². The molecule has 0 radical (unpaired) electrons. The average molecular weight is 255 g/mol. The topological polar surface area (TPSA) is 55.0 Å². The van der Waals surface area contributed by atoms with Crippen molar-refractivity contribution in [2.75, 3.05) is 18.1 Å². The van der Waals surface area contributed by atoms with Crippen LogP contribution in [0.2, 0.25) is 0 Å². The highest BCUT2D eigenvalue weighted by Gasteiger charge is 2.48. The molecule has 0 bridgehead atoms. The van der Waals surface area contributed by atoms with E-state index in [-0.39, 0.29) is 6.17 Å². The van der Waals surface area contributed by atoms with Gasteiger partial charge in [0.1, 0.15) is 6.17 Å². The van der Waals surface area contributed by atoms with E-state index in [1.165, 1.54) is 12.8 Å². The predicted octanol–water partition coefficient (Wildman–Crippen LogP) is 2.58. The van der Waals surface area contributed by atoms with Crippen LogP contribution >= 0.6 is 0 Å². The Kier molecular flexibility index (Phi) is 2.96. The first-order valence-corrected chi connectivity index (χ1v) is 6.67. The van der Waals surface area contributed by atoms with Crippen molar-refractivity contribution in [3.8, 4) is 6.07 Å². The van der Waals surface area contributed by atoms with Crippen molar-refractivity contribution in [2.45, 2.75) is 31.5 Å². The van der Waals surface area contributed by atoms with Crippen LogP contribution in [-0.2, 0) is 0 Å². The van der Waals surface area contributed by atoms with Gasteiger partial charge in [-0.05, 0) is 31.9 Å². The van der Waals surface area contributed by atoms with E-state index in [9.17, 15) is 5.26 Å². The molecular weight excluding hydrogens is 238 g/mol. The Balaban J connectivity index is 1.96. The van der Waals surface area contributed by atoms with Crippen LogP contribution in [-0.4, -0.2) is 29.7 Å². The summed E-state index contributed by atoms with van der Waals surface area (Å²) in [7, 11) is 0. The number of likely N-dealkylation sites (tertiary alicyclic amines) is 1. The third-order valence-electron chi connectivity index (χ3n) is 3.82. The van der Waals surface area contributed by atoms with Crippen molar-refractivity contribution in [3.63, 3.8) is 0 Å². The Morgan fingerprint density at radius 3 is 2.58 bits per heavy atom. The molecule has 1 fully saturated rings. The summed E-state index contributed by atoms with van der Waals surface area (Å²) >= 11 is 0. The predicted molar refractivity (Wildman–Crippen MR) is 72.4 cm³/mol. The van der Waals surface area contributed by atoms with Gasteiger partial charge in [-0.25, -0.2) is 5.01 Å². The minimum Gasteiger partial charge on any atom is -0.279 e. The molecule has 0 saturated carbocycles.